The van der Waals surface area contributed by atoms with Crippen LogP contribution in [0.3, 0.4) is 0 Å². The van der Waals surface area contributed by atoms with Gasteiger partial charge in [0.1, 0.15) is 0 Å². The molecule has 1 N–H and O–H groups in total. The van der Waals surface area contributed by atoms with Crippen molar-refractivity contribution in [2.24, 2.45) is 10.9 Å². The van der Waals surface area contributed by atoms with Crippen molar-refractivity contribution in [2.45, 2.75) is 30.7 Å². The highest BCUT2D eigenvalue weighted by molar-refractivity contribution is 7.89. The first kappa shape index (κ1) is 15.9. The van der Waals surface area contributed by atoms with Gasteiger partial charge in [-0.05, 0) is 49.4 Å². The van der Waals surface area contributed by atoms with Crippen LogP contribution >= 0.6 is 0 Å². The highest BCUT2D eigenvalue weighted by Gasteiger charge is 2.32. The van der Waals surface area contributed by atoms with E-state index in [2.05, 4.69) is 14.5 Å². The van der Waals surface area contributed by atoms with Crippen LogP contribution in [0.2, 0.25) is 0 Å². The smallest absolute Gasteiger partial charge is 0.240 e. The van der Waals surface area contributed by atoms with E-state index in [1.807, 2.05) is 12.1 Å². The number of nitrogens with zero attached hydrogens (tertiary/aromatic N) is 3. The first-order chi connectivity index (χ1) is 11.6. The molecule has 2 heterocycles. The maximum Gasteiger partial charge on any atom is 0.240 e. The van der Waals surface area contributed by atoms with Crippen LogP contribution in [0.1, 0.15) is 24.0 Å². The van der Waals surface area contributed by atoms with Gasteiger partial charge in [-0.3, -0.25) is 4.99 Å². The molecule has 1 aromatic rings. The summed E-state index contributed by atoms with van der Waals surface area (Å²) >= 11 is 0. The molecule has 130 valence electrons. The van der Waals surface area contributed by atoms with Crippen molar-refractivity contribution in [2.75, 3.05) is 33.2 Å². The van der Waals surface area contributed by atoms with Crippen molar-refractivity contribution < 1.29 is 8.42 Å². The monoisotopic (exact) mass is 348 g/mol. The number of aliphatic imine (C=N–C) groups is 1. The predicted molar refractivity (Wildman–Crippen MR) is 93.4 cm³/mol. The Morgan fingerprint density at radius 3 is 2.88 bits per heavy atom. The molecule has 4 rings (SSSR count). The first-order valence-electron chi connectivity index (χ1n) is 8.67. The van der Waals surface area contributed by atoms with Gasteiger partial charge in [-0.1, -0.05) is 12.1 Å². The number of fused-ring (bicyclic) bond motifs is 1. The van der Waals surface area contributed by atoms with Crippen molar-refractivity contribution in [1.29, 1.82) is 0 Å². The molecule has 2 aliphatic heterocycles. The zero-order valence-corrected chi connectivity index (χ0v) is 14.8. The third-order valence-corrected chi connectivity index (χ3v) is 6.64. The van der Waals surface area contributed by atoms with Crippen LogP contribution in [0.15, 0.2) is 28.1 Å². The summed E-state index contributed by atoms with van der Waals surface area (Å²) in [6, 6.07) is 5.58. The van der Waals surface area contributed by atoms with Crippen LogP contribution in [0.25, 0.3) is 0 Å². The number of benzene rings is 1. The van der Waals surface area contributed by atoms with Crippen LogP contribution in [-0.2, 0) is 23.0 Å². The molecule has 0 radical (unpaired) electrons. The Morgan fingerprint density at radius 1 is 1.29 bits per heavy atom. The fraction of sp³-hybridized carbons (Fsp3) is 0.588. The lowest BCUT2D eigenvalue weighted by Crippen LogP contribution is -2.45. The molecule has 0 aromatic heterocycles. The summed E-state index contributed by atoms with van der Waals surface area (Å²) in [7, 11) is -1.94. The van der Waals surface area contributed by atoms with Gasteiger partial charge >= 0.3 is 0 Å². The van der Waals surface area contributed by atoms with Crippen molar-refractivity contribution in [3.8, 4) is 0 Å². The highest BCUT2D eigenvalue weighted by atomic mass is 32.2. The van der Waals surface area contributed by atoms with Crippen molar-refractivity contribution in [1.82, 2.24) is 14.5 Å². The van der Waals surface area contributed by atoms with E-state index in [-0.39, 0.29) is 0 Å². The van der Waals surface area contributed by atoms with E-state index in [9.17, 15) is 8.42 Å². The first-order valence-corrected chi connectivity index (χ1v) is 10.2. The van der Waals surface area contributed by atoms with E-state index in [1.165, 1.54) is 19.9 Å². The Balaban J connectivity index is 1.57. The van der Waals surface area contributed by atoms with Gasteiger partial charge in [0.05, 0.1) is 11.4 Å². The maximum atomic E-state index is 12.2. The molecule has 1 fully saturated rings. The van der Waals surface area contributed by atoms with Gasteiger partial charge in [-0.2, -0.15) is 0 Å². The normalized spacial score (nSPS) is 21.0. The lowest BCUT2D eigenvalue weighted by Gasteiger charge is -2.35. The second-order valence-electron chi connectivity index (χ2n) is 6.84. The Kier molecular flexibility index (Phi) is 4.00. The Morgan fingerprint density at radius 2 is 2.12 bits per heavy atom. The van der Waals surface area contributed by atoms with Gasteiger partial charge in [0, 0.05) is 26.2 Å². The van der Waals surface area contributed by atoms with Gasteiger partial charge < -0.3 is 9.80 Å². The van der Waals surface area contributed by atoms with Gasteiger partial charge in [0.15, 0.2) is 5.96 Å². The molecule has 0 bridgehead atoms. The average molecular weight is 348 g/mol. The van der Waals surface area contributed by atoms with Gasteiger partial charge in [0.2, 0.25) is 10.0 Å². The topological polar surface area (TPSA) is 65.0 Å². The molecule has 7 heteroatoms. The van der Waals surface area contributed by atoms with Crippen LogP contribution < -0.4 is 4.72 Å². The number of hydrogen-bond acceptors (Lipinski definition) is 5. The fourth-order valence-electron chi connectivity index (χ4n) is 3.66. The van der Waals surface area contributed by atoms with E-state index >= 15 is 0 Å². The molecule has 1 saturated carbocycles. The average Bonchev–Trinajstić information content (AvgIpc) is 3.29. The lowest BCUT2D eigenvalue weighted by molar-refractivity contribution is 0.316. The maximum absolute atomic E-state index is 12.2. The largest absolute Gasteiger partial charge is 0.341 e. The summed E-state index contributed by atoms with van der Waals surface area (Å²) in [5.74, 6) is 1.95. The molecule has 6 nitrogen and oxygen atoms in total. The minimum absolute atomic E-state index is 0.422. The molecule has 1 aliphatic carbocycles. The van der Waals surface area contributed by atoms with Gasteiger partial charge in [0.25, 0.3) is 0 Å². The van der Waals surface area contributed by atoms with Gasteiger partial charge in [-0.15, -0.1) is 0 Å². The summed E-state index contributed by atoms with van der Waals surface area (Å²) in [5.41, 5.74) is 2.05. The summed E-state index contributed by atoms with van der Waals surface area (Å²) in [4.78, 5) is 9.87. The number of nitrogens with one attached hydrogen (secondary N) is 1. The number of guanidine groups is 1. The van der Waals surface area contributed by atoms with Gasteiger partial charge in [-0.25, -0.2) is 13.1 Å². The van der Waals surface area contributed by atoms with E-state index in [0.717, 1.165) is 62.1 Å². The molecule has 0 spiro atoms. The standard InChI is InChI=1S/C17H24N4O2S/c1-18-24(22,23)16-4-2-3-14-12-20(9-7-15(14)16)17-19-8-10-21(17)11-13-5-6-13/h2-4,13,18H,5-12H2,1H3. The molecular weight excluding hydrogens is 324 g/mol. The number of hydrogen-bond donors (Lipinski definition) is 1. The Labute approximate surface area is 143 Å². The number of sulfonamides is 1. The molecule has 1 aromatic carbocycles. The Bertz CT molecular complexity index is 771. The van der Waals surface area contributed by atoms with E-state index < -0.39 is 10.0 Å². The highest BCUT2D eigenvalue weighted by Crippen LogP contribution is 2.31. The van der Waals surface area contributed by atoms with Crippen LogP contribution in [0.4, 0.5) is 0 Å². The second-order valence-corrected chi connectivity index (χ2v) is 8.70. The van der Waals surface area contributed by atoms with Crippen molar-refractivity contribution in [3.05, 3.63) is 29.3 Å². The van der Waals surface area contributed by atoms with E-state index in [4.69, 9.17) is 4.99 Å². The minimum atomic E-state index is -3.40. The molecule has 0 atom stereocenters. The van der Waals surface area contributed by atoms with E-state index in [1.54, 1.807) is 6.07 Å². The summed E-state index contributed by atoms with van der Waals surface area (Å²) in [6.07, 6.45) is 3.43. The van der Waals surface area contributed by atoms with E-state index in [0.29, 0.717) is 4.90 Å². The van der Waals surface area contributed by atoms with Crippen LogP contribution in [0, 0.1) is 5.92 Å². The number of rotatable bonds is 4. The van der Waals surface area contributed by atoms with Crippen LogP contribution in [-0.4, -0.2) is 57.4 Å². The predicted octanol–water partition coefficient (Wildman–Crippen LogP) is 1.03. The lowest BCUT2D eigenvalue weighted by atomic mass is 10.00. The van der Waals surface area contributed by atoms with Crippen LogP contribution in [0.5, 0.6) is 0 Å². The molecule has 0 unspecified atom stereocenters. The third-order valence-electron chi connectivity index (χ3n) is 5.15. The molecule has 0 saturated heterocycles. The molecular formula is C17H24N4O2S. The summed E-state index contributed by atoms with van der Waals surface area (Å²) in [6.45, 7) is 4.57. The summed E-state index contributed by atoms with van der Waals surface area (Å²) in [5, 5.41) is 0. The summed E-state index contributed by atoms with van der Waals surface area (Å²) < 4.78 is 26.9. The van der Waals surface area contributed by atoms with Crippen molar-refractivity contribution >= 4 is 16.0 Å². The zero-order valence-electron chi connectivity index (χ0n) is 14.0. The SMILES string of the molecule is CNS(=O)(=O)c1cccc2c1CCN(C1=NCCN1CC1CC1)C2. The molecule has 3 aliphatic rings. The molecule has 24 heavy (non-hydrogen) atoms. The minimum Gasteiger partial charge on any atom is -0.341 e. The second kappa shape index (κ2) is 6.04. The fourth-order valence-corrected chi connectivity index (χ4v) is 4.70. The quantitative estimate of drug-likeness (QED) is 0.883. The molecule has 0 amide bonds. The zero-order chi connectivity index (χ0) is 16.7. The third kappa shape index (κ3) is 2.91. The van der Waals surface area contributed by atoms with Crippen molar-refractivity contribution in [3.63, 3.8) is 0 Å². The Hall–Kier alpha value is -1.60.